The van der Waals surface area contributed by atoms with E-state index in [1.807, 2.05) is 18.2 Å². The molecule has 0 bridgehead atoms. The van der Waals surface area contributed by atoms with Gasteiger partial charge in [-0.3, -0.25) is 0 Å². The van der Waals surface area contributed by atoms with Crippen molar-refractivity contribution in [2.24, 2.45) is 0 Å². The Morgan fingerprint density at radius 3 is 2.29 bits per heavy atom. The molecule has 0 saturated heterocycles. The topological polar surface area (TPSA) is 14.1 Å². The zero-order valence-corrected chi connectivity index (χ0v) is 6.46. The van der Waals surface area contributed by atoms with Crippen molar-refractivity contribution in [3.05, 3.63) is 29.7 Å². The monoisotopic (exact) mass is 103 g/mol. The predicted molar refractivity (Wildman–Crippen MR) is 26.5 cm³/mol. The first kappa shape index (κ1) is 7.28. The Hall–Kier alpha value is 0.280. The summed E-state index contributed by atoms with van der Waals surface area (Å²) in [5, 5.41) is 3.91. The van der Waals surface area contributed by atoms with Crippen LogP contribution < -0.4 is 29.6 Å². The van der Waals surface area contributed by atoms with E-state index in [9.17, 15) is 0 Å². The van der Waals surface area contributed by atoms with E-state index in [0.29, 0.717) is 0 Å². The van der Waals surface area contributed by atoms with Crippen LogP contribution in [0.1, 0.15) is 0 Å². The third-order valence-corrected chi connectivity index (χ3v) is 0.649. The summed E-state index contributed by atoms with van der Waals surface area (Å²) in [7, 11) is 0. The van der Waals surface area contributed by atoms with Gasteiger partial charge < -0.3 is 5.32 Å². The maximum atomic E-state index is 3.91. The molecule has 0 aromatic rings. The quantitative estimate of drug-likeness (QED) is 0.329. The molecular formula is C5H6NNa. The first-order valence-electron chi connectivity index (χ1n) is 1.98. The fourth-order valence-electron chi connectivity index (χ4n) is 0.372. The standard InChI is InChI=1S/C5H6N.Na/c1-2-4-6-5-3-1;/h1-4H,5H2;/q-1;+1. The van der Waals surface area contributed by atoms with Crippen LogP contribution in [-0.2, 0) is 0 Å². The molecule has 0 fully saturated rings. The molecule has 1 aliphatic heterocycles. The Morgan fingerprint density at radius 2 is 2.14 bits per heavy atom. The third-order valence-electron chi connectivity index (χ3n) is 0.649. The van der Waals surface area contributed by atoms with Crippen LogP contribution >= 0.6 is 0 Å². The van der Waals surface area contributed by atoms with Gasteiger partial charge in [0.05, 0.1) is 0 Å². The van der Waals surface area contributed by atoms with Crippen molar-refractivity contribution in [1.82, 2.24) is 0 Å². The zero-order chi connectivity index (χ0) is 4.24. The molecule has 0 atom stereocenters. The summed E-state index contributed by atoms with van der Waals surface area (Å²) in [5.74, 6) is 0. The van der Waals surface area contributed by atoms with E-state index in [4.69, 9.17) is 0 Å². The fraction of sp³-hybridized carbons (Fsp3) is 0.200. The van der Waals surface area contributed by atoms with E-state index >= 15 is 0 Å². The summed E-state index contributed by atoms with van der Waals surface area (Å²) in [6, 6.07) is 0. The van der Waals surface area contributed by atoms with Crippen molar-refractivity contribution in [2.45, 2.75) is 0 Å². The Morgan fingerprint density at radius 1 is 1.29 bits per heavy atom. The summed E-state index contributed by atoms with van der Waals surface area (Å²) in [4.78, 5) is 0. The third kappa shape index (κ3) is 2.92. The van der Waals surface area contributed by atoms with Crippen LogP contribution in [-0.4, -0.2) is 6.54 Å². The minimum Gasteiger partial charge on any atom is -0.687 e. The molecule has 7 heavy (non-hydrogen) atoms. The molecule has 0 unspecified atom stereocenters. The van der Waals surface area contributed by atoms with E-state index in [-0.39, 0.29) is 29.6 Å². The molecule has 0 spiro atoms. The molecule has 0 saturated carbocycles. The Labute approximate surface area is 65.8 Å². The second kappa shape index (κ2) is 4.44. The van der Waals surface area contributed by atoms with Gasteiger partial charge in [0.25, 0.3) is 0 Å². The molecule has 0 radical (unpaired) electrons. The average molecular weight is 103 g/mol. The number of allylic oxidation sites excluding steroid dienone is 2. The van der Waals surface area contributed by atoms with Crippen LogP contribution in [0.4, 0.5) is 0 Å². The van der Waals surface area contributed by atoms with Crippen molar-refractivity contribution in [3.63, 3.8) is 0 Å². The number of rotatable bonds is 0. The average Bonchev–Trinajstić information content (AvgIpc) is 1.72. The fourth-order valence-corrected chi connectivity index (χ4v) is 0.372. The normalized spacial score (nSPS) is 14.9. The van der Waals surface area contributed by atoms with Crippen molar-refractivity contribution in [1.29, 1.82) is 0 Å². The second-order valence-electron chi connectivity index (χ2n) is 1.13. The summed E-state index contributed by atoms with van der Waals surface area (Å²) in [6.07, 6.45) is 7.73. The Balaban J connectivity index is 0.000000360. The van der Waals surface area contributed by atoms with Crippen molar-refractivity contribution in [2.75, 3.05) is 6.54 Å². The van der Waals surface area contributed by atoms with Gasteiger partial charge in [0.1, 0.15) is 0 Å². The van der Waals surface area contributed by atoms with Gasteiger partial charge in [0.15, 0.2) is 0 Å². The van der Waals surface area contributed by atoms with Gasteiger partial charge in [0, 0.05) is 0 Å². The molecule has 1 heterocycles. The van der Waals surface area contributed by atoms with Gasteiger partial charge in [-0.1, -0.05) is 12.2 Å². The smallest absolute Gasteiger partial charge is 0.687 e. The van der Waals surface area contributed by atoms with E-state index < -0.39 is 0 Å². The van der Waals surface area contributed by atoms with E-state index in [0.717, 1.165) is 6.54 Å². The van der Waals surface area contributed by atoms with Crippen molar-refractivity contribution >= 4 is 0 Å². The molecule has 1 aliphatic rings. The van der Waals surface area contributed by atoms with Gasteiger partial charge in [-0.15, -0.1) is 12.6 Å². The van der Waals surface area contributed by atoms with Gasteiger partial charge in [-0.2, -0.15) is 6.20 Å². The Kier molecular flexibility index (Phi) is 4.62. The minimum absolute atomic E-state index is 0. The maximum absolute atomic E-state index is 3.91. The predicted octanol–water partition coefficient (Wildman–Crippen LogP) is -1.55. The number of hydrogen-bond acceptors (Lipinski definition) is 0. The van der Waals surface area contributed by atoms with Crippen LogP contribution in [0.3, 0.4) is 0 Å². The summed E-state index contributed by atoms with van der Waals surface area (Å²) in [5.41, 5.74) is 0. The first-order valence-corrected chi connectivity index (χ1v) is 1.98. The number of hydrogen-bond donors (Lipinski definition) is 0. The molecule has 0 N–H and O–H groups in total. The van der Waals surface area contributed by atoms with E-state index in [1.54, 1.807) is 6.20 Å². The van der Waals surface area contributed by atoms with Crippen LogP contribution in [0.25, 0.3) is 5.32 Å². The van der Waals surface area contributed by atoms with Crippen LogP contribution in [0.15, 0.2) is 24.4 Å². The minimum atomic E-state index is 0. The molecule has 0 aromatic carbocycles. The molecular weight excluding hydrogens is 97.1 g/mol. The van der Waals surface area contributed by atoms with Gasteiger partial charge in [-0.25, -0.2) is 0 Å². The van der Waals surface area contributed by atoms with Crippen molar-refractivity contribution < 1.29 is 29.6 Å². The van der Waals surface area contributed by atoms with Crippen LogP contribution in [0.2, 0.25) is 0 Å². The number of nitrogens with zero attached hydrogens (tertiary/aromatic N) is 1. The Bertz CT molecular complexity index is 74.1. The second-order valence-corrected chi connectivity index (χ2v) is 1.13. The molecule has 2 heteroatoms. The maximum Gasteiger partial charge on any atom is 1.00 e. The van der Waals surface area contributed by atoms with E-state index in [1.165, 1.54) is 0 Å². The van der Waals surface area contributed by atoms with E-state index in [2.05, 4.69) is 5.32 Å². The molecule has 1 rings (SSSR count). The molecule has 1 nitrogen and oxygen atoms in total. The summed E-state index contributed by atoms with van der Waals surface area (Å²) in [6.45, 7) is 0.858. The zero-order valence-electron chi connectivity index (χ0n) is 4.46. The van der Waals surface area contributed by atoms with Crippen LogP contribution in [0, 0.1) is 0 Å². The molecule has 0 aliphatic carbocycles. The van der Waals surface area contributed by atoms with Gasteiger partial charge >= 0.3 is 29.6 Å². The van der Waals surface area contributed by atoms with Crippen molar-refractivity contribution in [3.8, 4) is 0 Å². The largest absolute Gasteiger partial charge is 1.00 e. The molecule has 0 amide bonds. The SMILES string of the molecule is C1=CC[N-]C=C1.[Na+]. The van der Waals surface area contributed by atoms with Gasteiger partial charge in [-0.05, 0) is 0 Å². The molecule has 32 valence electrons. The summed E-state index contributed by atoms with van der Waals surface area (Å²) >= 11 is 0. The first-order chi connectivity index (χ1) is 3.00. The molecule has 0 aromatic heterocycles. The summed E-state index contributed by atoms with van der Waals surface area (Å²) < 4.78 is 0. The van der Waals surface area contributed by atoms with Crippen LogP contribution in [0.5, 0.6) is 0 Å². The van der Waals surface area contributed by atoms with Gasteiger partial charge in [0.2, 0.25) is 0 Å².